The number of nitrogens with one attached hydrogen (secondary N) is 2. The molecular weight excluding hydrogens is 335 g/mol. The monoisotopic (exact) mass is 352 g/mol. The SMILES string of the molecule is CC(Oc1ccc(Cl)cc1Cl)C(=O)N[C@H]1CCCNC1.Cl. The number of rotatable bonds is 4. The maximum atomic E-state index is 12.1. The van der Waals surface area contributed by atoms with Gasteiger partial charge in [0.05, 0.1) is 5.02 Å². The van der Waals surface area contributed by atoms with Crippen molar-refractivity contribution in [3.63, 3.8) is 0 Å². The lowest BCUT2D eigenvalue weighted by molar-refractivity contribution is -0.128. The maximum Gasteiger partial charge on any atom is 0.261 e. The van der Waals surface area contributed by atoms with Gasteiger partial charge in [0.1, 0.15) is 5.75 Å². The molecule has 0 aliphatic carbocycles. The minimum absolute atomic E-state index is 0. The van der Waals surface area contributed by atoms with Gasteiger partial charge in [-0.3, -0.25) is 4.79 Å². The molecule has 1 heterocycles. The summed E-state index contributed by atoms with van der Waals surface area (Å²) in [7, 11) is 0. The van der Waals surface area contributed by atoms with Gasteiger partial charge in [-0.1, -0.05) is 23.2 Å². The fourth-order valence-corrected chi connectivity index (χ4v) is 2.56. The Bertz CT molecular complexity index is 479. The molecule has 1 amide bonds. The van der Waals surface area contributed by atoms with E-state index in [1.807, 2.05) is 0 Å². The van der Waals surface area contributed by atoms with Crippen molar-refractivity contribution < 1.29 is 9.53 Å². The van der Waals surface area contributed by atoms with E-state index in [9.17, 15) is 4.79 Å². The summed E-state index contributed by atoms with van der Waals surface area (Å²) in [6, 6.07) is 5.10. The van der Waals surface area contributed by atoms with Crippen LogP contribution in [0.25, 0.3) is 0 Å². The number of piperidine rings is 1. The Morgan fingerprint density at radius 3 is 2.86 bits per heavy atom. The zero-order chi connectivity index (χ0) is 14.5. The van der Waals surface area contributed by atoms with E-state index >= 15 is 0 Å². The quantitative estimate of drug-likeness (QED) is 0.874. The summed E-state index contributed by atoms with van der Waals surface area (Å²) >= 11 is 11.8. The summed E-state index contributed by atoms with van der Waals surface area (Å²) < 4.78 is 5.58. The van der Waals surface area contributed by atoms with Crippen LogP contribution in [0.1, 0.15) is 19.8 Å². The van der Waals surface area contributed by atoms with Gasteiger partial charge in [0.2, 0.25) is 0 Å². The van der Waals surface area contributed by atoms with Gasteiger partial charge in [-0.2, -0.15) is 0 Å². The van der Waals surface area contributed by atoms with E-state index in [2.05, 4.69) is 10.6 Å². The van der Waals surface area contributed by atoms with E-state index in [0.717, 1.165) is 25.9 Å². The molecule has 118 valence electrons. The number of ether oxygens (including phenoxy) is 1. The van der Waals surface area contributed by atoms with Crippen LogP contribution >= 0.6 is 35.6 Å². The number of benzene rings is 1. The smallest absolute Gasteiger partial charge is 0.261 e. The van der Waals surface area contributed by atoms with Crippen LogP contribution in [0.3, 0.4) is 0 Å². The Balaban J connectivity index is 0.00000220. The number of halogens is 3. The molecule has 2 N–H and O–H groups in total. The van der Waals surface area contributed by atoms with Gasteiger partial charge < -0.3 is 15.4 Å². The first kappa shape index (κ1) is 18.4. The molecule has 1 fully saturated rings. The molecule has 1 saturated heterocycles. The van der Waals surface area contributed by atoms with E-state index in [1.165, 1.54) is 0 Å². The standard InChI is InChI=1S/C14H18Cl2N2O2.ClH/c1-9(14(19)18-11-3-2-6-17-8-11)20-13-5-4-10(15)7-12(13)16;/h4-5,7,9,11,17H,2-3,6,8H2,1H3,(H,18,19);1H/t9?,11-;/m0./s1. The molecule has 1 aromatic rings. The van der Waals surface area contributed by atoms with Crippen LogP contribution in [-0.2, 0) is 4.79 Å². The molecule has 21 heavy (non-hydrogen) atoms. The fraction of sp³-hybridized carbons (Fsp3) is 0.500. The van der Waals surface area contributed by atoms with E-state index in [4.69, 9.17) is 27.9 Å². The largest absolute Gasteiger partial charge is 0.479 e. The zero-order valence-electron chi connectivity index (χ0n) is 11.7. The van der Waals surface area contributed by atoms with E-state index in [-0.39, 0.29) is 24.4 Å². The first-order valence-corrected chi connectivity index (χ1v) is 7.44. The lowest BCUT2D eigenvalue weighted by atomic mass is 10.1. The molecule has 7 heteroatoms. The molecule has 2 rings (SSSR count). The second-order valence-electron chi connectivity index (χ2n) is 4.89. The Morgan fingerprint density at radius 1 is 1.48 bits per heavy atom. The Hall–Kier alpha value is -0.680. The van der Waals surface area contributed by atoms with Crippen LogP contribution in [0, 0.1) is 0 Å². The second kappa shape index (κ2) is 8.69. The predicted molar refractivity (Wildman–Crippen MR) is 87.8 cm³/mol. The molecule has 1 aromatic carbocycles. The van der Waals surface area contributed by atoms with Crippen molar-refractivity contribution in [3.8, 4) is 5.75 Å². The topological polar surface area (TPSA) is 50.4 Å². The molecule has 0 aromatic heterocycles. The summed E-state index contributed by atoms with van der Waals surface area (Å²) in [5.41, 5.74) is 0. The zero-order valence-corrected chi connectivity index (χ0v) is 14.0. The molecule has 0 spiro atoms. The van der Waals surface area contributed by atoms with Crippen molar-refractivity contribution in [2.45, 2.75) is 31.9 Å². The third-order valence-corrected chi connectivity index (χ3v) is 3.74. The van der Waals surface area contributed by atoms with Crippen LogP contribution < -0.4 is 15.4 Å². The molecule has 0 saturated carbocycles. The highest BCUT2D eigenvalue weighted by molar-refractivity contribution is 6.35. The van der Waals surface area contributed by atoms with Gasteiger partial charge in [-0.05, 0) is 44.5 Å². The molecule has 1 aliphatic rings. The van der Waals surface area contributed by atoms with Gasteiger partial charge in [-0.25, -0.2) is 0 Å². The van der Waals surface area contributed by atoms with Crippen molar-refractivity contribution in [1.29, 1.82) is 0 Å². The molecule has 1 unspecified atom stereocenters. The number of hydrogen-bond acceptors (Lipinski definition) is 3. The average molecular weight is 354 g/mol. The Labute approximate surface area is 140 Å². The third kappa shape index (κ3) is 5.55. The Kier molecular flexibility index (Phi) is 7.60. The van der Waals surface area contributed by atoms with E-state index < -0.39 is 6.10 Å². The van der Waals surface area contributed by atoms with Crippen molar-refractivity contribution in [2.75, 3.05) is 13.1 Å². The van der Waals surface area contributed by atoms with E-state index in [1.54, 1.807) is 25.1 Å². The normalized spacial score (nSPS) is 19.3. The van der Waals surface area contributed by atoms with Crippen molar-refractivity contribution in [3.05, 3.63) is 28.2 Å². The lowest BCUT2D eigenvalue weighted by Crippen LogP contribution is -2.49. The number of hydrogen-bond donors (Lipinski definition) is 2. The van der Waals surface area contributed by atoms with Crippen LogP contribution in [0.2, 0.25) is 10.0 Å². The van der Waals surface area contributed by atoms with Gasteiger partial charge in [0.25, 0.3) is 5.91 Å². The minimum atomic E-state index is -0.601. The van der Waals surface area contributed by atoms with Crippen molar-refractivity contribution in [1.82, 2.24) is 10.6 Å². The summed E-state index contributed by atoms with van der Waals surface area (Å²) in [6.07, 6.45) is 1.46. The summed E-state index contributed by atoms with van der Waals surface area (Å²) in [6.45, 7) is 3.52. The van der Waals surface area contributed by atoms with E-state index in [0.29, 0.717) is 15.8 Å². The highest BCUT2D eigenvalue weighted by atomic mass is 35.5. The number of amides is 1. The predicted octanol–water partition coefficient (Wildman–Crippen LogP) is 3.05. The van der Waals surface area contributed by atoms with Crippen LogP contribution in [-0.4, -0.2) is 31.1 Å². The highest BCUT2D eigenvalue weighted by Gasteiger charge is 2.21. The summed E-state index contributed by atoms with van der Waals surface area (Å²) in [4.78, 5) is 12.1. The van der Waals surface area contributed by atoms with Crippen molar-refractivity contribution in [2.24, 2.45) is 0 Å². The maximum absolute atomic E-state index is 12.1. The second-order valence-corrected chi connectivity index (χ2v) is 5.73. The van der Waals surface area contributed by atoms with Crippen LogP contribution in [0.15, 0.2) is 18.2 Å². The first-order valence-electron chi connectivity index (χ1n) is 6.69. The molecule has 1 aliphatic heterocycles. The molecule has 0 radical (unpaired) electrons. The first-order chi connectivity index (χ1) is 9.56. The minimum Gasteiger partial charge on any atom is -0.479 e. The summed E-state index contributed by atoms with van der Waals surface area (Å²) in [5.74, 6) is 0.324. The lowest BCUT2D eigenvalue weighted by Gasteiger charge is -2.25. The Morgan fingerprint density at radius 2 is 2.24 bits per heavy atom. The summed E-state index contributed by atoms with van der Waals surface area (Å²) in [5, 5.41) is 7.16. The molecule has 2 atom stereocenters. The van der Waals surface area contributed by atoms with Crippen LogP contribution in [0.5, 0.6) is 5.75 Å². The van der Waals surface area contributed by atoms with Crippen molar-refractivity contribution >= 4 is 41.5 Å². The average Bonchev–Trinajstić information content (AvgIpc) is 2.43. The number of carbonyl (C=O) groups is 1. The third-order valence-electron chi connectivity index (χ3n) is 3.21. The van der Waals surface area contributed by atoms with Gasteiger partial charge in [0.15, 0.2) is 6.10 Å². The van der Waals surface area contributed by atoms with Gasteiger partial charge >= 0.3 is 0 Å². The number of carbonyl (C=O) groups excluding carboxylic acids is 1. The fourth-order valence-electron chi connectivity index (χ4n) is 2.11. The van der Waals surface area contributed by atoms with Gasteiger partial charge in [0, 0.05) is 17.6 Å². The molecular formula is C14H19Cl3N2O2. The van der Waals surface area contributed by atoms with Gasteiger partial charge in [-0.15, -0.1) is 12.4 Å². The molecule has 4 nitrogen and oxygen atoms in total. The molecule has 0 bridgehead atoms. The van der Waals surface area contributed by atoms with Crippen LogP contribution in [0.4, 0.5) is 0 Å². The highest BCUT2D eigenvalue weighted by Crippen LogP contribution is 2.28.